The molecule has 100 valence electrons. The van der Waals surface area contributed by atoms with Gasteiger partial charge in [-0.15, -0.1) is 0 Å². The van der Waals surface area contributed by atoms with Crippen LogP contribution in [-0.2, 0) is 0 Å². The Morgan fingerprint density at radius 3 is 2.33 bits per heavy atom. The van der Waals surface area contributed by atoms with E-state index in [4.69, 9.17) is 9.47 Å². The van der Waals surface area contributed by atoms with Gasteiger partial charge in [-0.25, -0.2) is 0 Å². The highest BCUT2D eigenvalue weighted by Gasteiger charge is 1.92. The smallest absolute Gasteiger partial charge is 0.126 e. The van der Waals surface area contributed by atoms with E-state index in [0.29, 0.717) is 0 Å². The zero-order chi connectivity index (χ0) is 13.1. The second-order valence-corrected chi connectivity index (χ2v) is 4.85. The molecule has 0 amide bonds. The highest BCUT2D eigenvalue weighted by Crippen LogP contribution is 2.17. The predicted octanol–water partition coefficient (Wildman–Crippen LogP) is 4.93. The van der Waals surface area contributed by atoms with Crippen LogP contribution in [0.2, 0.25) is 0 Å². The van der Waals surface area contributed by atoms with Crippen molar-refractivity contribution in [2.45, 2.75) is 32.1 Å². The second kappa shape index (κ2) is 10.0. The summed E-state index contributed by atoms with van der Waals surface area (Å²) in [5, 5.41) is 1.11. The number of alkyl halides is 1. The van der Waals surface area contributed by atoms with Crippen molar-refractivity contribution in [3.05, 3.63) is 36.6 Å². The van der Waals surface area contributed by atoms with Crippen molar-refractivity contribution in [2.75, 3.05) is 12.4 Å². The Morgan fingerprint density at radius 1 is 1.00 bits per heavy atom. The Kier molecular flexibility index (Phi) is 8.40. The summed E-state index contributed by atoms with van der Waals surface area (Å²) in [6, 6.07) is 7.59. The number of ether oxygens (including phenoxy) is 2. The molecular formula is C15H21BrO2. The number of halogens is 1. The van der Waals surface area contributed by atoms with Gasteiger partial charge in [0.25, 0.3) is 0 Å². The molecule has 0 unspecified atom stereocenters. The lowest BCUT2D eigenvalue weighted by Gasteiger charge is -2.02. The lowest BCUT2D eigenvalue weighted by molar-refractivity contribution is 0.412. The van der Waals surface area contributed by atoms with Gasteiger partial charge in [-0.3, -0.25) is 0 Å². The minimum atomic E-state index is 0.839. The molecule has 1 rings (SSSR count). The Labute approximate surface area is 118 Å². The SMILES string of the molecule is COc1ccc(O/C=C\CCCCCCBr)cc1. The van der Waals surface area contributed by atoms with Gasteiger partial charge in [-0.1, -0.05) is 28.8 Å². The van der Waals surface area contributed by atoms with Crippen LogP contribution in [-0.4, -0.2) is 12.4 Å². The fraction of sp³-hybridized carbons (Fsp3) is 0.467. The number of hydrogen-bond donors (Lipinski definition) is 0. The molecule has 1 aromatic carbocycles. The maximum atomic E-state index is 5.49. The Bertz CT molecular complexity index is 333. The first-order valence-electron chi connectivity index (χ1n) is 6.38. The molecule has 2 nitrogen and oxygen atoms in total. The minimum absolute atomic E-state index is 0.839. The molecule has 0 saturated heterocycles. The van der Waals surface area contributed by atoms with Crippen molar-refractivity contribution in [1.82, 2.24) is 0 Å². The molecule has 0 spiro atoms. The van der Waals surface area contributed by atoms with E-state index < -0.39 is 0 Å². The molecule has 1 aromatic rings. The maximum absolute atomic E-state index is 5.49. The van der Waals surface area contributed by atoms with Gasteiger partial charge in [0, 0.05) is 5.33 Å². The van der Waals surface area contributed by atoms with Crippen LogP contribution in [0, 0.1) is 0 Å². The molecule has 0 aliphatic heterocycles. The highest BCUT2D eigenvalue weighted by molar-refractivity contribution is 9.09. The number of unbranched alkanes of at least 4 members (excludes halogenated alkanes) is 4. The minimum Gasteiger partial charge on any atom is -0.497 e. The molecule has 0 heterocycles. The van der Waals surface area contributed by atoms with Crippen LogP contribution in [0.25, 0.3) is 0 Å². The first-order chi connectivity index (χ1) is 8.86. The second-order valence-electron chi connectivity index (χ2n) is 4.06. The van der Waals surface area contributed by atoms with Gasteiger partial charge in [-0.05, 0) is 49.6 Å². The Hall–Kier alpha value is -0.960. The van der Waals surface area contributed by atoms with E-state index in [1.54, 1.807) is 13.4 Å². The van der Waals surface area contributed by atoms with Crippen LogP contribution in [0.1, 0.15) is 32.1 Å². The van der Waals surface area contributed by atoms with Gasteiger partial charge in [-0.2, -0.15) is 0 Å². The molecule has 0 aromatic heterocycles. The summed E-state index contributed by atoms with van der Waals surface area (Å²) in [7, 11) is 1.66. The predicted molar refractivity (Wildman–Crippen MR) is 79.6 cm³/mol. The first kappa shape index (κ1) is 15.1. The Morgan fingerprint density at radius 2 is 1.67 bits per heavy atom. The van der Waals surface area contributed by atoms with Gasteiger partial charge >= 0.3 is 0 Å². The van der Waals surface area contributed by atoms with Gasteiger partial charge < -0.3 is 9.47 Å². The topological polar surface area (TPSA) is 18.5 Å². The molecule has 3 heteroatoms. The molecule has 0 bridgehead atoms. The molecule has 0 aliphatic rings. The average Bonchev–Trinajstić information content (AvgIpc) is 2.42. The van der Waals surface area contributed by atoms with Crippen molar-refractivity contribution in [2.24, 2.45) is 0 Å². The van der Waals surface area contributed by atoms with Crippen LogP contribution >= 0.6 is 15.9 Å². The molecule has 0 N–H and O–H groups in total. The number of hydrogen-bond acceptors (Lipinski definition) is 2. The summed E-state index contributed by atoms with van der Waals surface area (Å²) in [5.41, 5.74) is 0. The molecule has 0 radical (unpaired) electrons. The summed E-state index contributed by atoms with van der Waals surface area (Å²) in [6.45, 7) is 0. The summed E-state index contributed by atoms with van der Waals surface area (Å²) in [6.07, 6.45) is 10.0. The van der Waals surface area contributed by atoms with Crippen LogP contribution in [0.4, 0.5) is 0 Å². The molecule has 0 saturated carbocycles. The summed E-state index contributed by atoms with van der Waals surface area (Å²) >= 11 is 3.44. The fourth-order valence-corrected chi connectivity index (χ4v) is 1.96. The van der Waals surface area contributed by atoms with Crippen LogP contribution in [0.3, 0.4) is 0 Å². The fourth-order valence-electron chi connectivity index (χ4n) is 1.56. The zero-order valence-electron chi connectivity index (χ0n) is 10.9. The lowest BCUT2D eigenvalue weighted by Crippen LogP contribution is -1.84. The lowest BCUT2D eigenvalue weighted by atomic mass is 10.1. The third kappa shape index (κ3) is 6.70. The van der Waals surface area contributed by atoms with Crippen molar-refractivity contribution >= 4 is 15.9 Å². The maximum Gasteiger partial charge on any atom is 0.126 e. The summed E-state index contributed by atoms with van der Waals surface area (Å²) in [5.74, 6) is 1.68. The van der Waals surface area contributed by atoms with E-state index in [1.165, 1.54) is 25.7 Å². The monoisotopic (exact) mass is 312 g/mol. The van der Waals surface area contributed by atoms with E-state index in [9.17, 15) is 0 Å². The normalized spacial score (nSPS) is 10.8. The highest BCUT2D eigenvalue weighted by atomic mass is 79.9. The van der Waals surface area contributed by atoms with E-state index >= 15 is 0 Å². The third-order valence-corrected chi connectivity index (χ3v) is 3.17. The molecular weight excluding hydrogens is 292 g/mol. The summed E-state index contributed by atoms with van der Waals surface area (Å²) < 4.78 is 10.6. The standard InChI is InChI=1S/C15H21BrO2/c1-17-14-8-10-15(11-9-14)18-13-7-5-3-2-4-6-12-16/h7-11,13H,2-6,12H2,1H3/b13-7-. The van der Waals surface area contributed by atoms with E-state index in [1.807, 2.05) is 24.3 Å². The van der Waals surface area contributed by atoms with Crippen LogP contribution < -0.4 is 9.47 Å². The largest absolute Gasteiger partial charge is 0.497 e. The number of benzene rings is 1. The van der Waals surface area contributed by atoms with Crippen molar-refractivity contribution in [1.29, 1.82) is 0 Å². The third-order valence-electron chi connectivity index (χ3n) is 2.61. The molecule has 0 atom stereocenters. The van der Waals surface area contributed by atoms with Crippen LogP contribution in [0.15, 0.2) is 36.6 Å². The Balaban J connectivity index is 2.11. The van der Waals surface area contributed by atoms with E-state index in [2.05, 4.69) is 22.0 Å². The molecule has 0 fully saturated rings. The molecule has 0 aliphatic carbocycles. The van der Waals surface area contributed by atoms with Gasteiger partial charge in [0.15, 0.2) is 0 Å². The van der Waals surface area contributed by atoms with Crippen LogP contribution in [0.5, 0.6) is 11.5 Å². The van der Waals surface area contributed by atoms with E-state index in [0.717, 1.165) is 23.2 Å². The van der Waals surface area contributed by atoms with Crippen molar-refractivity contribution < 1.29 is 9.47 Å². The van der Waals surface area contributed by atoms with Crippen molar-refractivity contribution in [3.63, 3.8) is 0 Å². The van der Waals surface area contributed by atoms with Gasteiger partial charge in [0.1, 0.15) is 11.5 Å². The number of methoxy groups -OCH3 is 1. The first-order valence-corrected chi connectivity index (χ1v) is 7.50. The molecule has 18 heavy (non-hydrogen) atoms. The zero-order valence-corrected chi connectivity index (χ0v) is 12.5. The van der Waals surface area contributed by atoms with Crippen molar-refractivity contribution in [3.8, 4) is 11.5 Å². The average molecular weight is 313 g/mol. The van der Waals surface area contributed by atoms with Gasteiger partial charge in [0.05, 0.1) is 13.4 Å². The number of rotatable bonds is 9. The van der Waals surface area contributed by atoms with Gasteiger partial charge in [0.2, 0.25) is 0 Å². The summed E-state index contributed by atoms with van der Waals surface area (Å²) in [4.78, 5) is 0. The quantitative estimate of drug-likeness (QED) is 0.365. The van der Waals surface area contributed by atoms with E-state index in [-0.39, 0.29) is 0 Å². The number of allylic oxidation sites excluding steroid dienone is 1.